The molecule has 5 nitrogen and oxygen atoms in total. The molecule has 0 fully saturated rings. The topological polar surface area (TPSA) is 64.4 Å². The highest BCUT2D eigenvalue weighted by atomic mass is 35.5. The number of methoxy groups -OCH3 is 1. The number of non-ortho nitro benzene ring substituents is 1. The normalized spacial score (nSPS) is 10.4. The average Bonchev–Trinajstić information content (AvgIpc) is 2.49. The van der Waals surface area contributed by atoms with Crippen LogP contribution < -0.4 is 10.1 Å². The Labute approximate surface area is 127 Å². The van der Waals surface area contributed by atoms with Crippen molar-refractivity contribution in [1.82, 2.24) is 5.32 Å². The summed E-state index contributed by atoms with van der Waals surface area (Å²) >= 11 is 6.15. The second kappa shape index (κ2) is 7.06. The summed E-state index contributed by atoms with van der Waals surface area (Å²) in [6.07, 6.45) is 0. The molecule has 0 aliphatic heterocycles. The predicted molar refractivity (Wildman–Crippen MR) is 81.6 cm³/mol. The third-order valence-corrected chi connectivity index (χ3v) is 3.40. The molecule has 0 atom stereocenters. The van der Waals surface area contributed by atoms with E-state index in [0.29, 0.717) is 23.9 Å². The van der Waals surface area contributed by atoms with Crippen molar-refractivity contribution in [2.75, 3.05) is 7.11 Å². The van der Waals surface area contributed by atoms with E-state index in [4.69, 9.17) is 16.3 Å². The smallest absolute Gasteiger partial charge is 0.269 e. The Morgan fingerprint density at radius 1 is 1.24 bits per heavy atom. The molecule has 1 N–H and O–H groups in total. The molecular formula is C15H15ClN2O3. The number of halogens is 1. The first-order chi connectivity index (χ1) is 10.1. The van der Waals surface area contributed by atoms with Gasteiger partial charge in [-0.15, -0.1) is 0 Å². The number of hydrogen-bond donors (Lipinski definition) is 1. The molecule has 0 aliphatic carbocycles. The van der Waals surface area contributed by atoms with Gasteiger partial charge in [-0.25, -0.2) is 0 Å². The van der Waals surface area contributed by atoms with Gasteiger partial charge in [-0.1, -0.05) is 29.8 Å². The molecule has 0 amide bonds. The van der Waals surface area contributed by atoms with Gasteiger partial charge in [0.05, 0.1) is 12.0 Å². The van der Waals surface area contributed by atoms with Gasteiger partial charge < -0.3 is 10.1 Å². The lowest BCUT2D eigenvalue weighted by Gasteiger charge is -2.11. The molecule has 0 bridgehead atoms. The Morgan fingerprint density at radius 3 is 2.71 bits per heavy atom. The standard InChI is InChI=1S/C15H15ClN2O3/c1-21-15-7-3-6-14(16)13(15)10-17-9-11-4-2-5-12(8-11)18(19)20/h2-8,17H,9-10H2,1H3. The van der Waals surface area contributed by atoms with Crippen LogP contribution in [0.3, 0.4) is 0 Å². The number of nitro groups is 1. The van der Waals surface area contributed by atoms with Crippen LogP contribution in [-0.2, 0) is 13.1 Å². The van der Waals surface area contributed by atoms with Crippen molar-refractivity contribution in [1.29, 1.82) is 0 Å². The number of benzene rings is 2. The highest BCUT2D eigenvalue weighted by Gasteiger charge is 2.08. The molecular weight excluding hydrogens is 292 g/mol. The SMILES string of the molecule is COc1cccc(Cl)c1CNCc1cccc([N+](=O)[O-])c1. The minimum Gasteiger partial charge on any atom is -0.496 e. The van der Waals surface area contributed by atoms with Crippen LogP contribution >= 0.6 is 11.6 Å². The summed E-state index contributed by atoms with van der Waals surface area (Å²) in [5.74, 6) is 0.717. The summed E-state index contributed by atoms with van der Waals surface area (Å²) in [4.78, 5) is 10.3. The predicted octanol–water partition coefficient (Wildman–Crippen LogP) is 3.55. The van der Waals surface area contributed by atoms with Gasteiger partial charge in [0.25, 0.3) is 5.69 Å². The van der Waals surface area contributed by atoms with E-state index in [9.17, 15) is 10.1 Å². The largest absolute Gasteiger partial charge is 0.496 e. The molecule has 0 saturated carbocycles. The van der Waals surface area contributed by atoms with Crippen molar-refractivity contribution in [3.63, 3.8) is 0 Å². The molecule has 0 aromatic heterocycles. The lowest BCUT2D eigenvalue weighted by atomic mass is 10.1. The van der Waals surface area contributed by atoms with E-state index in [1.807, 2.05) is 18.2 Å². The van der Waals surface area contributed by atoms with Crippen molar-refractivity contribution in [3.8, 4) is 5.75 Å². The number of nitrogens with zero attached hydrogens (tertiary/aromatic N) is 1. The van der Waals surface area contributed by atoms with Crippen LogP contribution in [0, 0.1) is 10.1 Å². The lowest BCUT2D eigenvalue weighted by molar-refractivity contribution is -0.384. The molecule has 0 spiro atoms. The van der Waals surface area contributed by atoms with Gasteiger partial charge >= 0.3 is 0 Å². The molecule has 0 unspecified atom stereocenters. The highest BCUT2D eigenvalue weighted by Crippen LogP contribution is 2.26. The number of nitrogens with one attached hydrogen (secondary N) is 1. The number of nitro benzene ring substituents is 1. The third-order valence-electron chi connectivity index (χ3n) is 3.05. The van der Waals surface area contributed by atoms with E-state index < -0.39 is 4.92 Å². The van der Waals surface area contributed by atoms with Gasteiger partial charge in [-0.3, -0.25) is 10.1 Å². The Hall–Kier alpha value is -2.11. The van der Waals surface area contributed by atoms with Crippen LogP contribution in [0.2, 0.25) is 5.02 Å². The summed E-state index contributed by atoms with van der Waals surface area (Å²) in [5.41, 5.74) is 1.80. The fraction of sp³-hybridized carbons (Fsp3) is 0.200. The van der Waals surface area contributed by atoms with Crippen LogP contribution in [-0.4, -0.2) is 12.0 Å². The fourth-order valence-electron chi connectivity index (χ4n) is 2.01. The zero-order valence-corrected chi connectivity index (χ0v) is 12.3. The Morgan fingerprint density at radius 2 is 2.00 bits per heavy atom. The molecule has 0 radical (unpaired) electrons. The molecule has 110 valence electrons. The number of ether oxygens (including phenoxy) is 1. The average molecular weight is 307 g/mol. The quantitative estimate of drug-likeness (QED) is 0.655. The number of rotatable bonds is 6. The van der Waals surface area contributed by atoms with Crippen LogP contribution in [0.5, 0.6) is 5.75 Å². The molecule has 0 saturated heterocycles. The minimum absolute atomic E-state index is 0.0876. The summed E-state index contributed by atoms with van der Waals surface area (Å²) in [7, 11) is 1.59. The Balaban J connectivity index is 2.02. The van der Waals surface area contributed by atoms with Crippen molar-refractivity contribution in [2.45, 2.75) is 13.1 Å². The van der Waals surface area contributed by atoms with Crippen LogP contribution in [0.4, 0.5) is 5.69 Å². The molecule has 0 aliphatic rings. The van der Waals surface area contributed by atoms with E-state index in [2.05, 4.69) is 5.32 Å². The number of hydrogen-bond acceptors (Lipinski definition) is 4. The van der Waals surface area contributed by atoms with E-state index in [1.165, 1.54) is 6.07 Å². The maximum absolute atomic E-state index is 10.7. The zero-order valence-electron chi connectivity index (χ0n) is 11.5. The summed E-state index contributed by atoms with van der Waals surface area (Å²) in [6.45, 7) is 1.03. The van der Waals surface area contributed by atoms with E-state index in [1.54, 1.807) is 25.3 Å². The van der Waals surface area contributed by atoms with Crippen molar-refractivity contribution in [3.05, 3.63) is 68.7 Å². The van der Waals surface area contributed by atoms with Gasteiger partial charge in [0.1, 0.15) is 5.75 Å². The van der Waals surface area contributed by atoms with Crippen molar-refractivity contribution >= 4 is 17.3 Å². The first-order valence-corrected chi connectivity index (χ1v) is 6.75. The van der Waals surface area contributed by atoms with E-state index in [0.717, 1.165) is 11.1 Å². The second-order valence-corrected chi connectivity index (χ2v) is 4.86. The third kappa shape index (κ3) is 3.93. The van der Waals surface area contributed by atoms with Crippen molar-refractivity contribution < 1.29 is 9.66 Å². The fourth-order valence-corrected chi connectivity index (χ4v) is 2.25. The van der Waals surface area contributed by atoms with E-state index in [-0.39, 0.29) is 5.69 Å². The molecule has 21 heavy (non-hydrogen) atoms. The molecule has 6 heteroatoms. The van der Waals surface area contributed by atoms with Crippen LogP contribution in [0.1, 0.15) is 11.1 Å². The highest BCUT2D eigenvalue weighted by molar-refractivity contribution is 6.31. The summed E-state index contributed by atoms with van der Waals surface area (Å²) in [5, 5.41) is 14.6. The Bertz CT molecular complexity index is 647. The van der Waals surface area contributed by atoms with Gasteiger partial charge in [-0.05, 0) is 17.7 Å². The first-order valence-electron chi connectivity index (χ1n) is 6.37. The summed E-state index contributed by atoms with van der Waals surface area (Å²) < 4.78 is 5.27. The monoisotopic (exact) mass is 306 g/mol. The van der Waals surface area contributed by atoms with Crippen LogP contribution in [0.15, 0.2) is 42.5 Å². The van der Waals surface area contributed by atoms with Gasteiger partial charge in [0.2, 0.25) is 0 Å². The van der Waals surface area contributed by atoms with Gasteiger partial charge in [-0.2, -0.15) is 0 Å². The lowest BCUT2D eigenvalue weighted by Crippen LogP contribution is -2.13. The zero-order chi connectivity index (χ0) is 15.2. The van der Waals surface area contributed by atoms with Gasteiger partial charge in [0, 0.05) is 35.8 Å². The van der Waals surface area contributed by atoms with Crippen molar-refractivity contribution in [2.24, 2.45) is 0 Å². The van der Waals surface area contributed by atoms with E-state index >= 15 is 0 Å². The maximum atomic E-state index is 10.7. The molecule has 2 aromatic carbocycles. The molecule has 2 rings (SSSR count). The molecule has 0 heterocycles. The summed E-state index contributed by atoms with van der Waals surface area (Å²) in [6, 6.07) is 12.0. The maximum Gasteiger partial charge on any atom is 0.269 e. The minimum atomic E-state index is -0.402. The first kappa shape index (κ1) is 15.3. The molecule has 2 aromatic rings. The Kier molecular flexibility index (Phi) is 5.14. The second-order valence-electron chi connectivity index (χ2n) is 4.45. The van der Waals surface area contributed by atoms with Crippen LogP contribution in [0.25, 0.3) is 0 Å². The van der Waals surface area contributed by atoms with Gasteiger partial charge in [0.15, 0.2) is 0 Å².